The Bertz CT molecular complexity index is 822. The van der Waals surface area contributed by atoms with Crippen LogP contribution in [0.5, 0.6) is 11.5 Å². The van der Waals surface area contributed by atoms with Crippen LogP contribution >= 0.6 is 0 Å². The molecule has 0 aromatic heterocycles. The Morgan fingerprint density at radius 2 is 1.71 bits per heavy atom. The summed E-state index contributed by atoms with van der Waals surface area (Å²) in [6, 6.07) is 21.0. The average Bonchev–Trinajstić information content (AvgIpc) is 2.65. The van der Waals surface area contributed by atoms with Gasteiger partial charge in [-0.1, -0.05) is 36.4 Å². The van der Waals surface area contributed by atoms with Gasteiger partial charge >= 0.3 is 0 Å². The number of hydrogen-bond donors (Lipinski definition) is 1. The van der Waals surface area contributed by atoms with Crippen LogP contribution in [0, 0.1) is 0 Å². The molecule has 3 rings (SSSR count). The maximum absolute atomic E-state index is 12.1. The van der Waals surface area contributed by atoms with Crippen LogP contribution in [-0.4, -0.2) is 26.2 Å². The molecule has 122 valence electrons. The SMILES string of the molecule is COc1ccc(C(=O)NCCOc2cccc3ccccc23)cc1. The van der Waals surface area contributed by atoms with E-state index >= 15 is 0 Å². The molecular weight excluding hydrogens is 302 g/mol. The monoisotopic (exact) mass is 321 g/mol. The van der Waals surface area contributed by atoms with Crippen molar-refractivity contribution in [2.24, 2.45) is 0 Å². The molecule has 4 nitrogen and oxygen atoms in total. The smallest absolute Gasteiger partial charge is 0.251 e. The number of amides is 1. The minimum Gasteiger partial charge on any atom is -0.497 e. The zero-order valence-electron chi connectivity index (χ0n) is 13.5. The van der Waals surface area contributed by atoms with Gasteiger partial charge in [0.05, 0.1) is 13.7 Å². The van der Waals surface area contributed by atoms with Crippen LogP contribution in [0.25, 0.3) is 10.8 Å². The van der Waals surface area contributed by atoms with Crippen LogP contribution in [0.2, 0.25) is 0 Å². The third-order valence-electron chi connectivity index (χ3n) is 3.75. The van der Waals surface area contributed by atoms with E-state index in [4.69, 9.17) is 9.47 Å². The standard InChI is InChI=1S/C20H19NO3/c1-23-17-11-9-16(10-12-17)20(22)21-13-14-24-19-8-4-6-15-5-2-3-7-18(15)19/h2-12H,13-14H2,1H3,(H,21,22). The topological polar surface area (TPSA) is 47.6 Å². The first-order chi connectivity index (χ1) is 11.8. The second-order valence-electron chi connectivity index (χ2n) is 5.31. The normalized spacial score (nSPS) is 10.4. The Kier molecular flexibility index (Phi) is 4.96. The molecule has 0 bridgehead atoms. The van der Waals surface area contributed by atoms with E-state index in [0.717, 1.165) is 22.3 Å². The van der Waals surface area contributed by atoms with Gasteiger partial charge in [-0.25, -0.2) is 0 Å². The third-order valence-corrected chi connectivity index (χ3v) is 3.75. The Morgan fingerprint density at radius 1 is 0.958 bits per heavy atom. The fourth-order valence-electron chi connectivity index (χ4n) is 2.49. The molecule has 0 radical (unpaired) electrons. The zero-order valence-corrected chi connectivity index (χ0v) is 13.5. The molecule has 3 aromatic rings. The number of nitrogens with one attached hydrogen (secondary N) is 1. The third kappa shape index (κ3) is 3.66. The predicted octanol–water partition coefficient (Wildman–Crippen LogP) is 3.66. The maximum Gasteiger partial charge on any atom is 0.251 e. The second-order valence-corrected chi connectivity index (χ2v) is 5.31. The number of methoxy groups -OCH3 is 1. The zero-order chi connectivity index (χ0) is 16.8. The lowest BCUT2D eigenvalue weighted by Gasteiger charge is -2.10. The summed E-state index contributed by atoms with van der Waals surface area (Å²) in [6.45, 7) is 0.851. The molecule has 0 aliphatic rings. The highest BCUT2D eigenvalue weighted by Gasteiger charge is 2.05. The van der Waals surface area contributed by atoms with Gasteiger partial charge in [-0.15, -0.1) is 0 Å². The molecule has 0 aliphatic heterocycles. The average molecular weight is 321 g/mol. The minimum atomic E-state index is -0.126. The minimum absolute atomic E-state index is 0.126. The van der Waals surface area contributed by atoms with E-state index in [1.807, 2.05) is 42.5 Å². The predicted molar refractivity (Wildman–Crippen MR) is 94.8 cm³/mol. The number of benzene rings is 3. The lowest BCUT2D eigenvalue weighted by Crippen LogP contribution is -2.28. The van der Waals surface area contributed by atoms with E-state index < -0.39 is 0 Å². The molecule has 0 saturated carbocycles. The fraction of sp³-hybridized carbons (Fsp3) is 0.150. The van der Waals surface area contributed by atoms with Crippen LogP contribution < -0.4 is 14.8 Å². The van der Waals surface area contributed by atoms with E-state index in [1.165, 1.54) is 0 Å². The molecule has 0 saturated heterocycles. The molecule has 0 heterocycles. The number of carbonyl (C=O) groups excluding carboxylic acids is 1. The van der Waals surface area contributed by atoms with Gasteiger partial charge in [0.15, 0.2) is 0 Å². The summed E-state index contributed by atoms with van der Waals surface area (Å²) in [5, 5.41) is 5.06. The number of carbonyl (C=O) groups is 1. The van der Waals surface area contributed by atoms with Crippen molar-refractivity contribution in [1.82, 2.24) is 5.32 Å². The van der Waals surface area contributed by atoms with Crippen LogP contribution in [0.15, 0.2) is 66.7 Å². The highest BCUT2D eigenvalue weighted by molar-refractivity contribution is 5.94. The second kappa shape index (κ2) is 7.51. The number of hydrogen-bond acceptors (Lipinski definition) is 3. The van der Waals surface area contributed by atoms with Crippen molar-refractivity contribution < 1.29 is 14.3 Å². The molecule has 24 heavy (non-hydrogen) atoms. The van der Waals surface area contributed by atoms with Crippen molar-refractivity contribution in [3.63, 3.8) is 0 Å². The van der Waals surface area contributed by atoms with Gasteiger partial charge in [0.2, 0.25) is 0 Å². The first kappa shape index (κ1) is 15.9. The summed E-state index contributed by atoms with van der Waals surface area (Å²) >= 11 is 0. The summed E-state index contributed by atoms with van der Waals surface area (Å²) in [7, 11) is 1.60. The van der Waals surface area contributed by atoms with E-state index in [2.05, 4.69) is 5.32 Å². The van der Waals surface area contributed by atoms with E-state index in [1.54, 1.807) is 31.4 Å². The maximum atomic E-state index is 12.1. The molecule has 1 N–H and O–H groups in total. The summed E-state index contributed by atoms with van der Waals surface area (Å²) in [4.78, 5) is 12.1. The molecule has 0 atom stereocenters. The van der Waals surface area contributed by atoms with Crippen molar-refractivity contribution in [2.45, 2.75) is 0 Å². The van der Waals surface area contributed by atoms with E-state index in [9.17, 15) is 4.79 Å². The molecule has 0 fully saturated rings. The van der Waals surface area contributed by atoms with Crippen molar-refractivity contribution in [3.8, 4) is 11.5 Å². The quantitative estimate of drug-likeness (QED) is 0.705. The van der Waals surface area contributed by atoms with Gasteiger partial charge in [-0.2, -0.15) is 0 Å². The van der Waals surface area contributed by atoms with Crippen LogP contribution in [0.1, 0.15) is 10.4 Å². The summed E-state index contributed by atoms with van der Waals surface area (Å²) in [6.07, 6.45) is 0. The lowest BCUT2D eigenvalue weighted by atomic mass is 10.1. The van der Waals surface area contributed by atoms with Crippen LogP contribution in [-0.2, 0) is 0 Å². The molecule has 4 heteroatoms. The van der Waals surface area contributed by atoms with Crippen LogP contribution in [0.4, 0.5) is 0 Å². The Hall–Kier alpha value is -3.01. The number of ether oxygens (including phenoxy) is 2. The van der Waals surface area contributed by atoms with Gasteiger partial charge in [0, 0.05) is 10.9 Å². The molecule has 0 aliphatic carbocycles. The van der Waals surface area contributed by atoms with Crippen molar-refractivity contribution in [3.05, 3.63) is 72.3 Å². The largest absolute Gasteiger partial charge is 0.497 e. The summed E-state index contributed by atoms with van der Waals surface area (Å²) in [5.41, 5.74) is 0.598. The van der Waals surface area contributed by atoms with Crippen molar-refractivity contribution >= 4 is 16.7 Å². The Balaban J connectivity index is 1.53. The molecule has 0 spiro atoms. The Morgan fingerprint density at radius 3 is 2.50 bits per heavy atom. The van der Waals surface area contributed by atoms with E-state index in [-0.39, 0.29) is 5.91 Å². The highest BCUT2D eigenvalue weighted by Crippen LogP contribution is 2.24. The molecule has 0 unspecified atom stereocenters. The van der Waals surface area contributed by atoms with Crippen molar-refractivity contribution in [2.75, 3.05) is 20.3 Å². The van der Waals surface area contributed by atoms with Gasteiger partial charge in [0.25, 0.3) is 5.91 Å². The first-order valence-corrected chi connectivity index (χ1v) is 7.81. The number of fused-ring (bicyclic) bond motifs is 1. The highest BCUT2D eigenvalue weighted by atomic mass is 16.5. The molecular formula is C20H19NO3. The molecule has 3 aromatic carbocycles. The van der Waals surface area contributed by atoms with Gasteiger partial charge < -0.3 is 14.8 Å². The molecule has 1 amide bonds. The van der Waals surface area contributed by atoms with Gasteiger partial charge in [-0.3, -0.25) is 4.79 Å². The van der Waals surface area contributed by atoms with Crippen molar-refractivity contribution in [1.29, 1.82) is 0 Å². The van der Waals surface area contributed by atoms with Gasteiger partial charge in [-0.05, 0) is 35.7 Å². The fourth-order valence-corrected chi connectivity index (χ4v) is 2.49. The first-order valence-electron chi connectivity index (χ1n) is 7.81. The van der Waals surface area contributed by atoms with Gasteiger partial charge in [0.1, 0.15) is 18.1 Å². The lowest BCUT2D eigenvalue weighted by molar-refractivity contribution is 0.0947. The van der Waals surface area contributed by atoms with Crippen LogP contribution in [0.3, 0.4) is 0 Å². The van der Waals surface area contributed by atoms with E-state index in [0.29, 0.717) is 18.7 Å². The Labute approximate surface area is 141 Å². The summed E-state index contributed by atoms with van der Waals surface area (Å²) in [5.74, 6) is 1.43. The number of rotatable bonds is 6. The summed E-state index contributed by atoms with van der Waals surface area (Å²) < 4.78 is 10.9.